The van der Waals surface area contributed by atoms with Crippen LogP contribution in [0.3, 0.4) is 0 Å². The number of benzene rings is 2. The molecule has 0 bridgehead atoms. The van der Waals surface area contributed by atoms with E-state index in [0.29, 0.717) is 22.6 Å². The van der Waals surface area contributed by atoms with E-state index in [1.165, 1.54) is 33.6 Å². The van der Waals surface area contributed by atoms with Gasteiger partial charge in [-0.1, -0.05) is 37.4 Å². The van der Waals surface area contributed by atoms with E-state index < -0.39 is 15.8 Å². The predicted octanol–water partition coefficient (Wildman–Crippen LogP) is 8.84. The molecule has 2 aromatic rings. The van der Waals surface area contributed by atoms with E-state index in [4.69, 9.17) is 15.4 Å². The first-order valence-electron chi connectivity index (χ1n) is 12.9. The SMILES string of the molecule is Cc1cc([PH+](C(C)C)C(C)C)c2c(c1)C(C)(C)c1cc(C)cc([PH+](C(C)C)C(C)C)c1[N-]2.O=N[O-].[Ni]. The second kappa shape index (κ2) is 13.2. The van der Waals surface area contributed by atoms with Gasteiger partial charge < -0.3 is 15.4 Å². The summed E-state index contributed by atoms with van der Waals surface area (Å²) in [6.45, 7) is 28.7. The van der Waals surface area contributed by atoms with Crippen molar-refractivity contribution in [2.24, 2.45) is 5.34 Å². The average Bonchev–Trinajstić information content (AvgIpc) is 2.69. The fraction of sp³-hybridized carbons (Fsp3) is 0.586. The minimum Gasteiger partial charge on any atom is -0.651 e. The second-order valence-corrected chi connectivity index (χ2v) is 19.3. The Morgan fingerprint density at radius 1 is 0.722 bits per heavy atom. The molecule has 1 heterocycles. The topological polar surface area (TPSA) is 66.6 Å². The molecule has 0 atom stereocenters. The third kappa shape index (κ3) is 6.70. The third-order valence-corrected chi connectivity index (χ3v) is 14.2. The molecule has 0 aromatic heterocycles. The molecular formula is C29H46N2NiO2P2. The van der Waals surface area contributed by atoms with Crippen molar-refractivity contribution in [2.45, 2.75) is 111 Å². The molecule has 0 saturated heterocycles. The Morgan fingerprint density at radius 2 is 1.00 bits per heavy atom. The van der Waals surface area contributed by atoms with Crippen molar-refractivity contribution in [3.05, 3.63) is 62.0 Å². The second-order valence-electron chi connectivity index (χ2n) is 11.8. The van der Waals surface area contributed by atoms with Crippen molar-refractivity contribution in [1.29, 1.82) is 0 Å². The van der Waals surface area contributed by atoms with Gasteiger partial charge in [-0.2, -0.15) is 0 Å². The van der Waals surface area contributed by atoms with E-state index in [1.54, 1.807) is 10.6 Å². The minimum atomic E-state index is -0.728. The van der Waals surface area contributed by atoms with Gasteiger partial charge in [0, 0.05) is 37.7 Å². The van der Waals surface area contributed by atoms with Crippen LogP contribution in [0.1, 0.15) is 91.5 Å². The molecule has 0 N–H and O–H groups in total. The third-order valence-electron chi connectivity index (χ3n) is 7.19. The van der Waals surface area contributed by atoms with E-state index in [0.717, 1.165) is 5.34 Å². The summed E-state index contributed by atoms with van der Waals surface area (Å²) in [5.74, 6) is 0. The quantitative estimate of drug-likeness (QED) is 0.150. The molecule has 0 spiro atoms. The summed E-state index contributed by atoms with van der Waals surface area (Å²) in [4.78, 5) is 8.00. The van der Waals surface area contributed by atoms with Crippen LogP contribution in [0.5, 0.6) is 0 Å². The smallest absolute Gasteiger partial charge is 0.0780 e. The Morgan fingerprint density at radius 3 is 1.25 bits per heavy atom. The van der Waals surface area contributed by atoms with Gasteiger partial charge in [0.05, 0.1) is 33.2 Å². The van der Waals surface area contributed by atoms with Crippen molar-refractivity contribution >= 4 is 37.8 Å². The van der Waals surface area contributed by atoms with Gasteiger partial charge in [0.25, 0.3) is 0 Å². The number of hydrogen-bond donors (Lipinski definition) is 0. The predicted molar refractivity (Wildman–Crippen MR) is 163 cm³/mol. The zero-order valence-corrected chi connectivity index (χ0v) is 27.1. The van der Waals surface area contributed by atoms with Crippen molar-refractivity contribution < 1.29 is 16.5 Å². The summed E-state index contributed by atoms with van der Waals surface area (Å²) in [6, 6.07) is 9.79. The first-order valence-corrected chi connectivity index (χ1v) is 16.2. The summed E-state index contributed by atoms with van der Waals surface area (Å²) < 4.78 is 0. The van der Waals surface area contributed by atoms with Crippen LogP contribution in [0.2, 0.25) is 0 Å². The van der Waals surface area contributed by atoms with Crippen molar-refractivity contribution in [2.75, 3.05) is 0 Å². The van der Waals surface area contributed by atoms with Crippen LogP contribution in [0.4, 0.5) is 11.4 Å². The number of rotatable bonds is 6. The van der Waals surface area contributed by atoms with Gasteiger partial charge in [-0.3, -0.25) is 0 Å². The van der Waals surface area contributed by atoms with Crippen LogP contribution in [0.15, 0.2) is 29.6 Å². The van der Waals surface area contributed by atoms with Crippen molar-refractivity contribution in [3.63, 3.8) is 0 Å². The molecule has 4 nitrogen and oxygen atoms in total. The average molecular weight is 575 g/mol. The standard InChI is InChI=1S/C29H44NP2.HNO2.Ni/c1-17(2)31(18(3)4)25-15-21(9)13-23-27(25)30-28-24(29(23,11)12)14-22(10)16-26(28)32(19(5)6)20(7)8;2-1-3;/h13-20H,1-12H3;(H,2,3);/q-1;;/p+1. The maximum absolute atomic E-state index is 8.00. The first kappa shape index (κ1) is 33.0. The van der Waals surface area contributed by atoms with Gasteiger partial charge in [-0.05, 0) is 104 Å². The van der Waals surface area contributed by atoms with Gasteiger partial charge in [-0.15, -0.1) is 5.34 Å². The van der Waals surface area contributed by atoms with Gasteiger partial charge in [0.2, 0.25) is 0 Å². The zero-order chi connectivity index (χ0) is 26.8. The van der Waals surface area contributed by atoms with Crippen LogP contribution in [0, 0.1) is 24.0 Å². The number of aryl methyl sites for hydroxylation is 2. The Kier molecular flexibility index (Phi) is 12.1. The molecule has 0 saturated carbocycles. The fourth-order valence-electron chi connectivity index (χ4n) is 6.03. The van der Waals surface area contributed by atoms with E-state index in [2.05, 4.69) is 107 Å². The molecule has 0 unspecified atom stereocenters. The summed E-state index contributed by atoms with van der Waals surface area (Å²) in [7, 11) is -1.46. The van der Waals surface area contributed by atoms with Crippen molar-refractivity contribution in [1.82, 2.24) is 0 Å². The molecule has 36 heavy (non-hydrogen) atoms. The Labute approximate surface area is 232 Å². The summed E-state index contributed by atoms with van der Waals surface area (Å²) >= 11 is 0. The molecule has 3 rings (SSSR count). The van der Waals surface area contributed by atoms with Gasteiger partial charge in [0.1, 0.15) is 0 Å². The number of hydrogen-bond acceptors (Lipinski definition) is 3. The first-order chi connectivity index (χ1) is 16.2. The number of fused-ring (bicyclic) bond motifs is 2. The van der Waals surface area contributed by atoms with E-state index >= 15 is 0 Å². The zero-order valence-electron chi connectivity index (χ0n) is 24.1. The summed E-state index contributed by atoms with van der Waals surface area (Å²) in [5, 5.41) is 17.7. The van der Waals surface area contributed by atoms with Gasteiger partial charge in [-0.25, -0.2) is 0 Å². The van der Waals surface area contributed by atoms with Crippen LogP contribution in [-0.4, -0.2) is 22.6 Å². The van der Waals surface area contributed by atoms with E-state index in [1.807, 2.05) is 0 Å². The van der Waals surface area contributed by atoms with E-state index in [-0.39, 0.29) is 21.9 Å². The van der Waals surface area contributed by atoms with Crippen molar-refractivity contribution in [3.8, 4) is 0 Å². The molecule has 1 aliphatic heterocycles. The Bertz CT molecular complexity index is 959. The van der Waals surface area contributed by atoms with E-state index in [9.17, 15) is 0 Å². The molecule has 0 radical (unpaired) electrons. The van der Waals surface area contributed by atoms with Crippen LogP contribution >= 0.6 is 15.8 Å². The van der Waals surface area contributed by atoms with Crippen LogP contribution < -0.4 is 10.6 Å². The molecular weight excluding hydrogens is 529 g/mol. The molecule has 1 aliphatic rings. The van der Waals surface area contributed by atoms with Gasteiger partial charge >= 0.3 is 0 Å². The van der Waals surface area contributed by atoms with Gasteiger partial charge in [0.15, 0.2) is 0 Å². The molecule has 0 amide bonds. The molecule has 0 fully saturated rings. The largest absolute Gasteiger partial charge is 0.651 e. The molecule has 204 valence electrons. The normalized spacial score (nSPS) is 13.8. The fourth-order valence-corrected chi connectivity index (χ4v) is 12.9. The molecule has 2 aromatic carbocycles. The minimum absolute atomic E-state index is 0. The monoisotopic (exact) mass is 574 g/mol. The number of nitrogens with zero attached hydrogens (tertiary/aromatic N) is 2. The summed E-state index contributed by atoms with van der Waals surface area (Å²) in [6.07, 6.45) is 0. The van der Waals surface area contributed by atoms with Crippen LogP contribution in [0.25, 0.3) is 5.32 Å². The summed E-state index contributed by atoms with van der Waals surface area (Å²) in [5.41, 5.74) is 11.0. The molecule has 7 heteroatoms. The Hall–Kier alpha value is -1.01. The Balaban J connectivity index is 0.00000154. The maximum Gasteiger partial charge on any atom is 0.0780 e. The van der Waals surface area contributed by atoms with Crippen LogP contribution in [-0.2, 0) is 21.9 Å². The molecule has 0 aliphatic carbocycles. The maximum atomic E-state index is 8.00.